The number of carbonyl (C=O) groups is 1. The molecule has 0 bridgehead atoms. The van der Waals surface area contributed by atoms with Crippen LogP contribution in [0.5, 0.6) is 0 Å². The van der Waals surface area contributed by atoms with E-state index < -0.39 is 5.60 Å². The van der Waals surface area contributed by atoms with E-state index in [1.165, 1.54) is 16.3 Å². The molecule has 1 saturated heterocycles. The quantitative estimate of drug-likeness (QED) is 0.786. The Labute approximate surface area is 155 Å². The van der Waals surface area contributed by atoms with Crippen molar-refractivity contribution in [2.75, 3.05) is 13.1 Å². The van der Waals surface area contributed by atoms with Crippen LogP contribution >= 0.6 is 0 Å². The Hall–Kier alpha value is -2.36. The van der Waals surface area contributed by atoms with Crippen LogP contribution in [0.25, 0.3) is 10.8 Å². The Bertz CT molecular complexity index is 799. The van der Waals surface area contributed by atoms with Crippen LogP contribution in [0.15, 0.2) is 42.5 Å². The van der Waals surface area contributed by atoms with Gasteiger partial charge in [0.15, 0.2) is 0 Å². The zero-order valence-corrected chi connectivity index (χ0v) is 15.9. The number of benzene rings is 2. The van der Waals surface area contributed by atoms with Crippen molar-refractivity contribution in [2.45, 2.75) is 45.6 Å². The van der Waals surface area contributed by atoms with E-state index in [2.05, 4.69) is 36.4 Å². The molecule has 0 saturated carbocycles. The lowest BCUT2D eigenvalue weighted by Crippen LogP contribution is -2.46. The minimum absolute atomic E-state index is 0.180. The van der Waals surface area contributed by atoms with Gasteiger partial charge in [-0.25, -0.2) is 4.79 Å². The molecule has 2 aromatic carbocycles. The van der Waals surface area contributed by atoms with Crippen molar-refractivity contribution >= 4 is 23.1 Å². The van der Waals surface area contributed by atoms with Crippen LogP contribution in [-0.2, 0) is 11.2 Å². The van der Waals surface area contributed by atoms with Crippen molar-refractivity contribution < 1.29 is 9.53 Å². The molecule has 1 N–H and O–H groups in total. The molecule has 0 radical (unpaired) electrons. The highest BCUT2D eigenvalue weighted by molar-refractivity contribution is 5.83. The van der Waals surface area contributed by atoms with Gasteiger partial charge in [-0.1, -0.05) is 42.5 Å². The van der Waals surface area contributed by atoms with Gasteiger partial charge in [-0.05, 0) is 56.4 Å². The van der Waals surface area contributed by atoms with Crippen LogP contribution in [-0.4, -0.2) is 35.9 Å². The summed E-state index contributed by atoms with van der Waals surface area (Å²) in [5, 5.41) is 10.5. The molecule has 0 unspecified atom stereocenters. The molecule has 0 aliphatic carbocycles. The predicted octanol–water partition coefficient (Wildman–Crippen LogP) is 5.05. The summed E-state index contributed by atoms with van der Waals surface area (Å²) < 4.78 is 5.48. The summed E-state index contributed by atoms with van der Waals surface area (Å²) in [6.07, 6.45) is 3.77. The van der Waals surface area contributed by atoms with Crippen molar-refractivity contribution in [2.24, 2.45) is 5.41 Å². The molecule has 0 spiro atoms. The van der Waals surface area contributed by atoms with Gasteiger partial charge in [0, 0.05) is 24.7 Å². The van der Waals surface area contributed by atoms with Gasteiger partial charge in [-0.2, -0.15) is 0 Å². The molecule has 1 amide bonds. The van der Waals surface area contributed by atoms with Crippen LogP contribution < -0.4 is 0 Å². The van der Waals surface area contributed by atoms with Crippen molar-refractivity contribution in [1.82, 2.24) is 4.90 Å². The standard InChI is InChI=1S/C22H28N2O2/c1-21(2,3)26-20(25)24-12-10-22(16-23,11-13-24)15-17-8-9-18-6-4-5-7-19(18)14-17/h4-9,14,16,23H,10-13,15H2,1-3H3. The Morgan fingerprint density at radius 3 is 2.42 bits per heavy atom. The van der Waals surface area contributed by atoms with Gasteiger partial charge in [0.05, 0.1) is 0 Å². The van der Waals surface area contributed by atoms with Crippen LogP contribution in [0.3, 0.4) is 0 Å². The lowest BCUT2D eigenvalue weighted by Gasteiger charge is -2.39. The Morgan fingerprint density at radius 2 is 1.81 bits per heavy atom. The molecule has 2 aromatic rings. The first kappa shape index (κ1) is 18.4. The van der Waals surface area contributed by atoms with E-state index >= 15 is 0 Å². The third-order valence-electron chi connectivity index (χ3n) is 5.09. The van der Waals surface area contributed by atoms with Crippen molar-refractivity contribution in [3.63, 3.8) is 0 Å². The average molecular weight is 352 g/mol. The topological polar surface area (TPSA) is 53.4 Å². The van der Waals surface area contributed by atoms with Crippen LogP contribution in [0.2, 0.25) is 0 Å². The number of ether oxygens (including phenoxy) is 1. The monoisotopic (exact) mass is 352 g/mol. The SMILES string of the molecule is CC(C)(C)OC(=O)N1CCC(C=N)(Cc2ccc3ccccc3c2)CC1. The smallest absolute Gasteiger partial charge is 0.410 e. The second-order valence-electron chi connectivity index (χ2n) is 8.33. The number of piperidine rings is 1. The zero-order chi connectivity index (χ0) is 18.8. The molecule has 1 heterocycles. The summed E-state index contributed by atoms with van der Waals surface area (Å²) >= 11 is 0. The van der Waals surface area contributed by atoms with E-state index in [4.69, 9.17) is 10.1 Å². The van der Waals surface area contributed by atoms with Gasteiger partial charge in [-0.15, -0.1) is 0 Å². The normalized spacial score (nSPS) is 17.1. The molecule has 3 rings (SSSR count). The molecular weight excluding hydrogens is 324 g/mol. The number of nitrogens with zero attached hydrogens (tertiary/aromatic N) is 1. The second-order valence-corrected chi connectivity index (χ2v) is 8.33. The van der Waals surface area contributed by atoms with Gasteiger partial charge in [0.25, 0.3) is 0 Å². The number of nitrogens with one attached hydrogen (secondary N) is 1. The number of rotatable bonds is 3. The Kier molecular flexibility index (Phi) is 5.03. The van der Waals surface area contributed by atoms with E-state index in [0.29, 0.717) is 13.1 Å². The molecule has 4 nitrogen and oxygen atoms in total. The van der Waals surface area contributed by atoms with Gasteiger partial charge >= 0.3 is 6.09 Å². The van der Waals surface area contributed by atoms with E-state index in [-0.39, 0.29) is 11.5 Å². The van der Waals surface area contributed by atoms with Gasteiger partial charge in [0.1, 0.15) is 5.60 Å². The highest BCUT2D eigenvalue weighted by Crippen LogP contribution is 2.34. The maximum atomic E-state index is 12.3. The lowest BCUT2D eigenvalue weighted by molar-refractivity contribution is 0.0158. The molecule has 4 heteroatoms. The fourth-order valence-electron chi connectivity index (χ4n) is 3.59. The first-order valence-corrected chi connectivity index (χ1v) is 9.28. The largest absolute Gasteiger partial charge is 0.444 e. The first-order valence-electron chi connectivity index (χ1n) is 9.28. The van der Waals surface area contributed by atoms with E-state index in [9.17, 15) is 4.79 Å². The summed E-state index contributed by atoms with van der Waals surface area (Å²) in [5.41, 5.74) is 0.595. The summed E-state index contributed by atoms with van der Waals surface area (Å²) in [4.78, 5) is 14.0. The molecule has 1 aliphatic heterocycles. The predicted molar refractivity (Wildman–Crippen MR) is 106 cm³/mol. The molecule has 1 aliphatic rings. The highest BCUT2D eigenvalue weighted by atomic mass is 16.6. The highest BCUT2D eigenvalue weighted by Gasteiger charge is 2.35. The fourth-order valence-corrected chi connectivity index (χ4v) is 3.59. The summed E-state index contributed by atoms with van der Waals surface area (Å²) in [5.74, 6) is 0. The fraction of sp³-hybridized carbons (Fsp3) is 0.455. The Morgan fingerprint density at radius 1 is 1.15 bits per heavy atom. The van der Waals surface area contributed by atoms with E-state index in [1.54, 1.807) is 11.1 Å². The molecule has 138 valence electrons. The molecule has 0 atom stereocenters. The number of carbonyl (C=O) groups excluding carboxylic acids is 1. The molecular formula is C22H28N2O2. The zero-order valence-electron chi connectivity index (χ0n) is 15.9. The average Bonchev–Trinajstić information content (AvgIpc) is 2.60. The van der Waals surface area contributed by atoms with Gasteiger partial charge in [0.2, 0.25) is 0 Å². The molecule has 0 aromatic heterocycles. The maximum Gasteiger partial charge on any atom is 0.410 e. The number of fused-ring (bicyclic) bond motifs is 1. The number of hydrogen-bond donors (Lipinski definition) is 1. The summed E-state index contributed by atoms with van der Waals surface area (Å²) in [6.45, 7) is 6.93. The van der Waals surface area contributed by atoms with E-state index in [0.717, 1.165) is 19.3 Å². The Balaban J connectivity index is 1.68. The van der Waals surface area contributed by atoms with Crippen molar-refractivity contribution in [3.8, 4) is 0 Å². The summed E-state index contributed by atoms with van der Waals surface area (Å²) in [6, 6.07) is 14.9. The third-order valence-corrected chi connectivity index (χ3v) is 5.09. The number of amides is 1. The third kappa shape index (κ3) is 4.24. The summed E-state index contributed by atoms with van der Waals surface area (Å²) in [7, 11) is 0. The van der Waals surface area contributed by atoms with Crippen LogP contribution in [0.1, 0.15) is 39.2 Å². The molecule has 1 fully saturated rings. The second kappa shape index (κ2) is 7.10. The van der Waals surface area contributed by atoms with Crippen molar-refractivity contribution in [1.29, 1.82) is 5.41 Å². The van der Waals surface area contributed by atoms with Crippen LogP contribution in [0, 0.1) is 10.8 Å². The van der Waals surface area contributed by atoms with Gasteiger partial charge < -0.3 is 15.0 Å². The molecule has 26 heavy (non-hydrogen) atoms. The number of hydrogen-bond acceptors (Lipinski definition) is 3. The maximum absolute atomic E-state index is 12.3. The van der Waals surface area contributed by atoms with E-state index in [1.807, 2.05) is 26.8 Å². The van der Waals surface area contributed by atoms with Gasteiger partial charge in [-0.3, -0.25) is 0 Å². The van der Waals surface area contributed by atoms with Crippen LogP contribution in [0.4, 0.5) is 4.79 Å². The lowest BCUT2D eigenvalue weighted by atomic mass is 9.74. The van der Waals surface area contributed by atoms with Crippen molar-refractivity contribution in [3.05, 3.63) is 48.0 Å². The minimum atomic E-state index is -0.474. The minimum Gasteiger partial charge on any atom is -0.444 e. The first-order chi connectivity index (χ1) is 12.3. The number of likely N-dealkylation sites (tertiary alicyclic amines) is 1.